The molecule has 0 bridgehead atoms. The highest BCUT2D eigenvalue weighted by Crippen LogP contribution is 2.31. The van der Waals surface area contributed by atoms with Crippen LogP contribution >= 0.6 is 0 Å². The molecule has 0 radical (unpaired) electrons. The molecular formula is C11H13N4O4S-. The van der Waals surface area contributed by atoms with E-state index < -0.39 is 19.9 Å². The molecule has 0 atom stereocenters. The molecule has 8 nitrogen and oxygen atoms in total. The summed E-state index contributed by atoms with van der Waals surface area (Å²) >= 11 is 0. The van der Waals surface area contributed by atoms with Gasteiger partial charge in [0, 0.05) is 6.20 Å². The van der Waals surface area contributed by atoms with Gasteiger partial charge in [-0.25, -0.2) is 18.5 Å². The number of rotatable bonds is 3. The van der Waals surface area contributed by atoms with Crippen molar-refractivity contribution in [2.45, 2.75) is 25.7 Å². The molecular weight excluding hydrogens is 284 g/mol. The molecule has 0 aliphatic carbocycles. The topological polar surface area (TPSA) is 107 Å². The fourth-order valence-electron chi connectivity index (χ4n) is 2.24. The minimum absolute atomic E-state index is 0.0695. The number of benzene rings is 1. The van der Waals surface area contributed by atoms with E-state index in [1.807, 2.05) is 6.92 Å². The highest BCUT2D eigenvalue weighted by Gasteiger charge is 2.32. The van der Waals surface area contributed by atoms with Crippen LogP contribution in [-0.2, 0) is 9.84 Å². The standard InChI is InChI=1S/C11H13N4O4S/c1-7-4-8(2)11(9(3)5-7)20(18,19)10-6-12-13-14(10)15(16)17/h4-6,12H,1-3H3/q-1. The maximum atomic E-state index is 12.6. The number of hydrazine groups is 1. The third-order valence-electron chi connectivity index (χ3n) is 2.84. The Bertz CT molecular complexity index is 688. The lowest BCUT2D eigenvalue weighted by molar-refractivity contribution is -0.629. The minimum atomic E-state index is -4.02. The molecule has 0 aromatic heterocycles. The first-order valence-corrected chi connectivity index (χ1v) is 7.17. The molecule has 1 heterocycles. The largest absolute Gasteiger partial charge is 0.467 e. The van der Waals surface area contributed by atoms with E-state index in [0.717, 1.165) is 11.8 Å². The SMILES string of the molecule is Cc1cc(C)c(S(=O)(=O)C2=CN[N-]N2[N+](=O)[O-])c(C)c1. The van der Waals surface area contributed by atoms with Crippen molar-refractivity contribution < 1.29 is 13.5 Å². The first-order valence-electron chi connectivity index (χ1n) is 5.69. The van der Waals surface area contributed by atoms with E-state index in [0.29, 0.717) is 11.1 Å². The molecule has 1 N–H and O–H groups in total. The quantitative estimate of drug-likeness (QED) is 0.669. The Balaban J connectivity index is 2.60. The van der Waals surface area contributed by atoms with Crippen LogP contribution in [-0.4, -0.2) is 18.6 Å². The van der Waals surface area contributed by atoms with Crippen molar-refractivity contribution in [2.75, 3.05) is 0 Å². The van der Waals surface area contributed by atoms with Gasteiger partial charge in [0.25, 0.3) is 0 Å². The lowest BCUT2D eigenvalue weighted by atomic mass is 10.1. The summed E-state index contributed by atoms with van der Waals surface area (Å²) in [6.45, 7) is 5.17. The molecule has 9 heteroatoms. The Morgan fingerprint density at radius 3 is 2.30 bits per heavy atom. The molecule has 1 aliphatic heterocycles. The van der Waals surface area contributed by atoms with Gasteiger partial charge in [0.15, 0.2) is 5.03 Å². The highest BCUT2D eigenvalue weighted by molar-refractivity contribution is 7.95. The van der Waals surface area contributed by atoms with Crippen LogP contribution in [0.5, 0.6) is 0 Å². The zero-order chi connectivity index (χ0) is 15.1. The summed E-state index contributed by atoms with van der Waals surface area (Å²) in [5.74, 6) is 0. The monoisotopic (exact) mass is 297 g/mol. The fourth-order valence-corrected chi connectivity index (χ4v) is 3.95. The number of nitro groups is 1. The van der Waals surface area contributed by atoms with Gasteiger partial charge in [-0.2, -0.15) is 0 Å². The number of sulfone groups is 1. The lowest BCUT2D eigenvalue weighted by Gasteiger charge is -2.22. The summed E-state index contributed by atoms with van der Waals surface area (Å²) in [6, 6.07) is 3.44. The van der Waals surface area contributed by atoms with Crippen molar-refractivity contribution in [2.24, 2.45) is 0 Å². The predicted molar refractivity (Wildman–Crippen MR) is 71.2 cm³/mol. The number of hydrogen-bond donors (Lipinski definition) is 1. The maximum absolute atomic E-state index is 12.6. The van der Waals surface area contributed by atoms with Crippen molar-refractivity contribution in [3.63, 3.8) is 0 Å². The summed E-state index contributed by atoms with van der Waals surface area (Å²) in [4.78, 5) is 10.9. The lowest BCUT2D eigenvalue weighted by Crippen LogP contribution is -2.27. The van der Waals surface area contributed by atoms with Gasteiger partial charge in [0.2, 0.25) is 9.84 Å². The van der Waals surface area contributed by atoms with Crippen LogP contribution < -0.4 is 5.43 Å². The van der Waals surface area contributed by atoms with Gasteiger partial charge in [-0.15, -0.1) is 5.12 Å². The third kappa shape index (κ3) is 2.21. The van der Waals surface area contributed by atoms with E-state index in [9.17, 15) is 18.5 Å². The van der Waals surface area contributed by atoms with Gasteiger partial charge in [0.05, 0.1) is 4.90 Å². The second-order valence-electron chi connectivity index (χ2n) is 4.47. The van der Waals surface area contributed by atoms with Gasteiger partial charge in [0.1, 0.15) is 5.03 Å². The first kappa shape index (κ1) is 14.3. The Hall–Kier alpha value is -2.13. The predicted octanol–water partition coefficient (Wildman–Crippen LogP) is 1.49. The molecule has 0 saturated carbocycles. The summed E-state index contributed by atoms with van der Waals surface area (Å²) in [5.41, 5.74) is 7.50. The van der Waals surface area contributed by atoms with Crippen LogP contribution in [0, 0.1) is 30.9 Å². The van der Waals surface area contributed by atoms with Crippen LogP contribution in [0.25, 0.3) is 5.53 Å². The molecule has 0 unspecified atom stereocenters. The average Bonchev–Trinajstić information content (AvgIpc) is 2.75. The summed E-state index contributed by atoms with van der Waals surface area (Å²) in [5, 5.41) is 9.62. The highest BCUT2D eigenvalue weighted by atomic mass is 32.2. The molecule has 0 amide bonds. The second-order valence-corrected chi connectivity index (χ2v) is 6.30. The molecule has 108 valence electrons. The first-order chi connectivity index (χ1) is 9.25. The van der Waals surface area contributed by atoms with Gasteiger partial charge in [-0.05, 0) is 31.9 Å². The van der Waals surface area contributed by atoms with Crippen molar-refractivity contribution >= 4 is 9.84 Å². The molecule has 1 aromatic carbocycles. The van der Waals surface area contributed by atoms with Crippen LogP contribution in [0.15, 0.2) is 28.3 Å². The van der Waals surface area contributed by atoms with E-state index in [2.05, 4.69) is 11.0 Å². The van der Waals surface area contributed by atoms with Crippen LogP contribution in [0.1, 0.15) is 16.7 Å². The third-order valence-corrected chi connectivity index (χ3v) is 4.85. The van der Waals surface area contributed by atoms with E-state index in [4.69, 9.17) is 0 Å². The van der Waals surface area contributed by atoms with Gasteiger partial charge >= 0.3 is 0 Å². The van der Waals surface area contributed by atoms with E-state index in [-0.39, 0.29) is 10.0 Å². The van der Waals surface area contributed by atoms with Crippen LogP contribution in [0.3, 0.4) is 0 Å². The molecule has 20 heavy (non-hydrogen) atoms. The molecule has 0 saturated heterocycles. The summed E-state index contributed by atoms with van der Waals surface area (Å²) < 4.78 is 25.2. The van der Waals surface area contributed by atoms with Crippen molar-refractivity contribution in [1.82, 2.24) is 10.5 Å². The molecule has 0 fully saturated rings. The Morgan fingerprint density at radius 2 is 1.80 bits per heavy atom. The smallest absolute Gasteiger partial charge is 0.227 e. The van der Waals surface area contributed by atoms with Gasteiger partial charge in [-0.3, -0.25) is 0 Å². The Kier molecular flexibility index (Phi) is 3.40. The van der Waals surface area contributed by atoms with E-state index in [1.54, 1.807) is 26.0 Å². The van der Waals surface area contributed by atoms with Gasteiger partial charge < -0.3 is 11.0 Å². The minimum Gasteiger partial charge on any atom is -0.467 e. The number of hydrogen-bond acceptors (Lipinski definition) is 5. The zero-order valence-electron chi connectivity index (χ0n) is 11.1. The van der Waals surface area contributed by atoms with Crippen molar-refractivity contribution in [3.8, 4) is 0 Å². The zero-order valence-corrected chi connectivity index (χ0v) is 11.9. The number of nitrogens with zero attached hydrogens (tertiary/aromatic N) is 3. The van der Waals surface area contributed by atoms with Crippen molar-refractivity contribution in [1.29, 1.82) is 0 Å². The maximum Gasteiger partial charge on any atom is 0.227 e. The number of aryl methyl sites for hydroxylation is 3. The number of nitrogens with one attached hydrogen (secondary N) is 1. The summed E-state index contributed by atoms with van der Waals surface area (Å²) in [6.07, 6.45) is 0.997. The average molecular weight is 297 g/mol. The fraction of sp³-hybridized carbons (Fsp3) is 0.273. The molecule has 1 aliphatic rings. The van der Waals surface area contributed by atoms with Crippen LogP contribution in [0.4, 0.5) is 0 Å². The van der Waals surface area contributed by atoms with Gasteiger partial charge in [-0.1, -0.05) is 17.7 Å². The molecule has 0 spiro atoms. The Morgan fingerprint density at radius 1 is 1.25 bits per heavy atom. The molecule has 2 rings (SSSR count). The Labute approximate surface area is 116 Å². The summed E-state index contributed by atoms with van der Waals surface area (Å²) in [7, 11) is -4.02. The van der Waals surface area contributed by atoms with E-state index in [1.165, 1.54) is 0 Å². The second kappa shape index (κ2) is 4.76. The molecule has 1 aromatic rings. The van der Waals surface area contributed by atoms with Crippen LogP contribution in [0.2, 0.25) is 0 Å². The normalized spacial score (nSPS) is 14.9. The van der Waals surface area contributed by atoms with Crippen molar-refractivity contribution in [3.05, 3.63) is 55.7 Å². The van der Waals surface area contributed by atoms with E-state index >= 15 is 0 Å².